The van der Waals surface area contributed by atoms with Gasteiger partial charge in [0.15, 0.2) is 22.1 Å². The molecule has 0 amide bonds. The summed E-state index contributed by atoms with van der Waals surface area (Å²) in [7, 11) is 0. The number of halogens is 2. The first-order valence-electron chi connectivity index (χ1n) is 7.62. The van der Waals surface area contributed by atoms with Gasteiger partial charge in [-0.1, -0.05) is 48.3 Å². The molecule has 2 heterocycles. The van der Waals surface area contributed by atoms with Crippen molar-refractivity contribution in [1.82, 2.24) is 19.5 Å². The summed E-state index contributed by atoms with van der Waals surface area (Å²) in [6.07, 6.45) is 3.55. The highest BCUT2D eigenvalue weighted by Gasteiger charge is 2.19. The molecule has 0 bridgehead atoms. The van der Waals surface area contributed by atoms with Crippen LogP contribution in [0.4, 0.5) is 5.82 Å². The van der Waals surface area contributed by atoms with Crippen molar-refractivity contribution in [3.05, 3.63) is 34.6 Å². The molecule has 24 heavy (non-hydrogen) atoms. The van der Waals surface area contributed by atoms with Gasteiger partial charge in [0.1, 0.15) is 6.33 Å². The zero-order chi connectivity index (χ0) is 17.3. The van der Waals surface area contributed by atoms with Crippen LogP contribution in [-0.2, 0) is 0 Å². The molecule has 0 aliphatic rings. The number of hydrogen-bond acceptors (Lipinski definition) is 5. The molecule has 1 unspecified atom stereocenters. The molecule has 3 aromatic rings. The van der Waals surface area contributed by atoms with Crippen LogP contribution in [0.2, 0.25) is 10.0 Å². The predicted molar refractivity (Wildman–Crippen MR) is 99.9 cm³/mol. The van der Waals surface area contributed by atoms with Crippen LogP contribution in [0, 0.1) is 0 Å². The van der Waals surface area contributed by atoms with E-state index in [9.17, 15) is 0 Å². The molecule has 0 radical (unpaired) electrons. The van der Waals surface area contributed by atoms with Gasteiger partial charge in [-0.05, 0) is 31.5 Å². The summed E-state index contributed by atoms with van der Waals surface area (Å²) < 4.78 is 2.11. The van der Waals surface area contributed by atoms with Crippen LogP contribution in [-0.4, -0.2) is 19.5 Å². The van der Waals surface area contributed by atoms with E-state index in [4.69, 9.17) is 28.9 Å². The number of nitrogens with two attached hydrogens (primary N) is 1. The Morgan fingerprint density at radius 1 is 1.21 bits per heavy atom. The van der Waals surface area contributed by atoms with E-state index < -0.39 is 0 Å². The summed E-state index contributed by atoms with van der Waals surface area (Å²) in [5.41, 5.74) is 7.35. The molecule has 126 valence electrons. The minimum Gasteiger partial charge on any atom is -0.382 e. The molecule has 0 saturated heterocycles. The van der Waals surface area contributed by atoms with Gasteiger partial charge in [0.2, 0.25) is 0 Å². The van der Waals surface area contributed by atoms with Gasteiger partial charge in [-0.25, -0.2) is 15.0 Å². The Kier molecular flexibility index (Phi) is 5.18. The largest absolute Gasteiger partial charge is 0.382 e. The number of imidazole rings is 1. The quantitative estimate of drug-likeness (QED) is 0.655. The molecular formula is C16H17Cl2N5S. The van der Waals surface area contributed by atoms with Gasteiger partial charge >= 0.3 is 0 Å². The van der Waals surface area contributed by atoms with E-state index in [0.29, 0.717) is 21.4 Å². The fourth-order valence-corrected chi connectivity index (χ4v) is 4.36. The highest BCUT2D eigenvalue weighted by atomic mass is 35.5. The number of anilines is 1. The van der Waals surface area contributed by atoms with Crippen molar-refractivity contribution in [2.45, 2.75) is 42.8 Å². The average Bonchev–Trinajstić information content (AvgIpc) is 2.86. The van der Waals surface area contributed by atoms with Crippen molar-refractivity contribution in [1.29, 1.82) is 0 Å². The molecule has 2 N–H and O–H groups in total. The molecule has 0 fully saturated rings. The molecule has 0 spiro atoms. The van der Waals surface area contributed by atoms with Crippen molar-refractivity contribution in [3.63, 3.8) is 0 Å². The van der Waals surface area contributed by atoms with Crippen LogP contribution >= 0.6 is 35.0 Å². The van der Waals surface area contributed by atoms with Crippen LogP contribution in [0.15, 0.2) is 34.6 Å². The molecule has 0 saturated carbocycles. The van der Waals surface area contributed by atoms with E-state index in [2.05, 4.69) is 33.4 Å². The number of benzene rings is 1. The lowest BCUT2D eigenvalue weighted by Crippen LogP contribution is -2.07. The Morgan fingerprint density at radius 3 is 2.58 bits per heavy atom. The smallest absolute Gasteiger partial charge is 0.175 e. The van der Waals surface area contributed by atoms with Gasteiger partial charge in [-0.3, -0.25) is 0 Å². The highest BCUT2D eigenvalue weighted by Crippen LogP contribution is 2.36. The van der Waals surface area contributed by atoms with Crippen LogP contribution in [0.1, 0.15) is 32.7 Å². The molecule has 2 aromatic heterocycles. The lowest BCUT2D eigenvalue weighted by molar-refractivity contribution is 0.477. The number of aromatic nitrogens is 4. The lowest BCUT2D eigenvalue weighted by atomic mass is 10.2. The average molecular weight is 382 g/mol. The van der Waals surface area contributed by atoms with Crippen molar-refractivity contribution >= 4 is 51.9 Å². The Labute approximate surface area is 154 Å². The third-order valence-corrected chi connectivity index (χ3v) is 5.04. The first kappa shape index (κ1) is 17.3. The first-order chi connectivity index (χ1) is 11.5. The van der Waals surface area contributed by atoms with E-state index in [1.54, 1.807) is 6.07 Å². The summed E-state index contributed by atoms with van der Waals surface area (Å²) >= 11 is 13.7. The molecule has 5 nitrogen and oxygen atoms in total. The van der Waals surface area contributed by atoms with Gasteiger partial charge in [0, 0.05) is 21.0 Å². The summed E-state index contributed by atoms with van der Waals surface area (Å²) in [6, 6.07) is 5.67. The van der Waals surface area contributed by atoms with Gasteiger partial charge in [0.05, 0.1) is 0 Å². The number of nitrogen functional groups attached to an aromatic ring is 1. The fourth-order valence-electron chi connectivity index (χ4n) is 2.62. The molecular weight excluding hydrogens is 365 g/mol. The topological polar surface area (TPSA) is 69.6 Å². The van der Waals surface area contributed by atoms with Crippen molar-refractivity contribution in [2.75, 3.05) is 5.73 Å². The SMILES string of the molecule is CCCC(C)n1c(Sc2cc(Cl)cc(Cl)c2)nc2c(N)ncnc21. The van der Waals surface area contributed by atoms with E-state index in [0.717, 1.165) is 28.5 Å². The maximum absolute atomic E-state index is 6.11. The third kappa shape index (κ3) is 3.45. The van der Waals surface area contributed by atoms with Crippen LogP contribution in [0.5, 0.6) is 0 Å². The summed E-state index contributed by atoms with van der Waals surface area (Å²) in [5.74, 6) is 0.383. The summed E-state index contributed by atoms with van der Waals surface area (Å²) in [5, 5.41) is 1.98. The predicted octanol–water partition coefficient (Wildman–Crippen LogP) is 5.23. The number of fused-ring (bicyclic) bond motifs is 1. The van der Waals surface area contributed by atoms with Gasteiger partial charge in [-0.2, -0.15) is 0 Å². The molecule has 3 rings (SSSR count). The van der Waals surface area contributed by atoms with E-state index in [-0.39, 0.29) is 6.04 Å². The second-order valence-electron chi connectivity index (χ2n) is 5.54. The fraction of sp³-hybridized carbons (Fsp3) is 0.312. The molecule has 0 aliphatic carbocycles. The third-order valence-electron chi connectivity index (χ3n) is 3.67. The zero-order valence-electron chi connectivity index (χ0n) is 13.3. The maximum atomic E-state index is 6.11. The van der Waals surface area contributed by atoms with Gasteiger partial charge < -0.3 is 10.3 Å². The highest BCUT2D eigenvalue weighted by molar-refractivity contribution is 7.99. The monoisotopic (exact) mass is 381 g/mol. The zero-order valence-corrected chi connectivity index (χ0v) is 15.7. The van der Waals surface area contributed by atoms with E-state index >= 15 is 0 Å². The number of rotatable bonds is 5. The summed E-state index contributed by atoms with van der Waals surface area (Å²) in [6.45, 7) is 4.31. The van der Waals surface area contributed by atoms with E-state index in [1.165, 1.54) is 18.1 Å². The second kappa shape index (κ2) is 7.17. The molecule has 1 aromatic carbocycles. The van der Waals surface area contributed by atoms with Crippen LogP contribution < -0.4 is 5.73 Å². The normalized spacial score (nSPS) is 12.7. The Hall–Kier alpha value is -1.50. The van der Waals surface area contributed by atoms with Crippen molar-refractivity contribution in [3.8, 4) is 0 Å². The number of hydrogen-bond donors (Lipinski definition) is 1. The van der Waals surface area contributed by atoms with E-state index in [1.807, 2.05) is 12.1 Å². The minimum absolute atomic E-state index is 0.242. The molecule has 8 heteroatoms. The minimum atomic E-state index is 0.242. The van der Waals surface area contributed by atoms with Gasteiger partial charge in [-0.15, -0.1) is 0 Å². The lowest BCUT2D eigenvalue weighted by Gasteiger charge is -2.16. The Balaban J connectivity index is 2.11. The van der Waals surface area contributed by atoms with Crippen LogP contribution in [0.3, 0.4) is 0 Å². The van der Waals surface area contributed by atoms with Crippen molar-refractivity contribution in [2.24, 2.45) is 0 Å². The summed E-state index contributed by atoms with van der Waals surface area (Å²) in [4.78, 5) is 14.0. The number of nitrogens with zero attached hydrogens (tertiary/aromatic N) is 4. The van der Waals surface area contributed by atoms with Crippen molar-refractivity contribution < 1.29 is 0 Å². The Morgan fingerprint density at radius 2 is 1.92 bits per heavy atom. The molecule has 1 atom stereocenters. The van der Waals surface area contributed by atoms with Gasteiger partial charge in [0.25, 0.3) is 0 Å². The molecule has 0 aliphatic heterocycles. The maximum Gasteiger partial charge on any atom is 0.175 e. The second-order valence-corrected chi connectivity index (χ2v) is 7.45. The Bertz CT molecular complexity index is 860. The van der Waals surface area contributed by atoms with Crippen LogP contribution in [0.25, 0.3) is 11.2 Å². The standard InChI is InChI=1S/C16H17Cl2N5S/c1-3-4-9(2)23-15-13(14(19)20-8-21-15)22-16(23)24-12-6-10(17)5-11(18)7-12/h5-9H,3-4H2,1-2H3,(H2,19,20,21). The first-order valence-corrected chi connectivity index (χ1v) is 9.19.